The Balaban J connectivity index is 1.42. The van der Waals surface area contributed by atoms with Gasteiger partial charge in [0.25, 0.3) is 0 Å². The van der Waals surface area contributed by atoms with Gasteiger partial charge in [0.2, 0.25) is 5.91 Å². The highest BCUT2D eigenvalue weighted by Gasteiger charge is 2.19. The number of hydrogen-bond acceptors (Lipinski definition) is 6. The van der Waals surface area contributed by atoms with E-state index >= 15 is 0 Å². The molecule has 36 heavy (non-hydrogen) atoms. The van der Waals surface area contributed by atoms with Crippen LogP contribution >= 0.6 is 11.8 Å². The molecule has 0 aliphatic rings. The summed E-state index contributed by atoms with van der Waals surface area (Å²) in [6.45, 7) is 5.07. The van der Waals surface area contributed by atoms with Gasteiger partial charge in [-0.25, -0.2) is 4.98 Å². The summed E-state index contributed by atoms with van der Waals surface area (Å²) in [6.07, 6.45) is 0. The molecular weight excluding hydrogens is 470 g/mol. The molecule has 7 nitrogen and oxygen atoms in total. The van der Waals surface area contributed by atoms with Crippen LogP contribution in [0, 0.1) is 6.92 Å². The van der Waals surface area contributed by atoms with Crippen LogP contribution in [0.3, 0.4) is 0 Å². The Labute approximate surface area is 214 Å². The minimum absolute atomic E-state index is 0.00183. The summed E-state index contributed by atoms with van der Waals surface area (Å²) in [5, 5.41) is 10.7. The number of nitrogens with zero attached hydrogens (tertiary/aromatic N) is 5. The van der Waals surface area contributed by atoms with Gasteiger partial charge in [0, 0.05) is 30.1 Å². The molecule has 5 aromatic rings. The first-order chi connectivity index (χ1) is 17.5. The molecule has 0 aliphatic heterocycles. The number of furan rings is 1. The van der Waals surface area contributed by atoms with Crippen molar-refractivity contribution in [2.45, 2.75) is 32.1 Å². The quantitative estimate of drug-likeness (QED) is 0.251. The summed E-state index contributed by atoms with van der Waals surface area (Å²) in [4.78, 5) is 19.3. The van der Waals surface area contributed by atoms with Gasteiger partial charge in [-0.15, -0.1) is 10.2 Å². The first kappa shape index (κ1) is 23.8. The second kappa shape index (κ2) is 10.4. The number of amides is 1. The Bertz CT molecular complexity index is 1510. The Kier molecular flexibility index (Phi) is 6.86. The van der Waals surface area contributed by atoms with E-state index in [-0.39, 0.29) is 11.7 Å². The maximum Gasteiger partial charge on any atom is 0.233 e. The predicted octanol–water partition coefficient (Wildman–Crippen LogP) is 5.83. The van der Waals surface area contributed by atoms with Crippen LogP contribution in [0.25, 0.3) is 33.5 Å². The average molecular weight is 498 g/mol. The van der Waals surface area contributed by atoms with Crippen LogP contribution in [0.1, 0.15) is 18.4 Å². The smallest absolute Gasteiger partial charge is 0.233 e. The molecule has 0 atom stereocenters. The Hall–Kier alpha value is -3.91. The van der Waals surface area contributed by atoms with Crippen LogP contribution in [-0.4, -0.2) is 43.4 Å². The number of fused-ring (bicyclic) bond motifs is 1. The number of hydrogen-bond donors (Lipinski definition) is 0. The number of carbonyl (C=O) groups excluding carboxylic acids is 1. The van der Waals surface area contributed by atoms with Crippen LogP contribution in [0.4, 0.5) is 0 Å². The summed E-state index contributed by atoms with van der Waals surface area (Å²) in [7, 11) is 1.78. The molecule has 3 heterocycles. The number of aryl methyl sites for hydroxylation is 1. The normalized spacial score (nSPS) is 11.2. The molecule has 0 aliphatic carbocycles. The molecular formula is C28H27N5O2S. The van der Waals surface area contributed by atoms with Crippen LogP contribution in [0.5, 0.6) is 0 Å². The third-order valence-electron chi connectivity index (χ3n) is 6.00. The molecule has 0 saturated heterocycles. The van der Waals surface area contributed by atoms with E-state index in [1.165, 1.54) is 11.8 Å². The Morgan fingerprint density at radius 1 is 1.03 bits per heavy atom. The van der Waals surface area contributed by atoms with Crippen LogP contribution in [0.2, 0.25) is 0 Å². The molecule has 1 amide bonds. The summed E-state index contributed by atoms with van der Waals surface area (Å²) < 4.78 is 7.66. The fraction of sp³-hybridized carbons (Fsp3) is 0.214. The third kappa shape index (κ3) is 4.90. The molecule has 182 valence electrons. The van der Waals surface area contributed by atoms with E-state index in [1.807, 2.05) is 55.5 Å². The monoisotopic (exact) mass is 497 g/mol. The predicted molar refractivity (Wildman–Crippen MR) is 143 cm³/mol. The van der Waals surface area contributed by atoms with Crippen molar-refractivity contribution in [1.29, 1.82) is 0 Å². The summed E-state index contributed by atoms with van der Waals surface area (Å²) in [5.74, 6) is 2.64. The summed E-state index contributed by atoms with van der Waals surface area (Å²) in [6, 6.07) is 24.1. The minimum Gasteiger partial charge on any atom is -0.464 e. The first-order valence-corrected chi connectivity index (χ1v) is 12.8. The Morgan fingerprint density at radius 2 is 1.81 bits per heavy atom. The molecule has 2 aromatic carbocycles. The lowest BCUT2D eigenvalue weighted by atomic mass is 10.0. The molecule has 0 saturated carbocycles. The maximum atomic E-state index is 12.8. The van der Waals surface area contributed by atoms with Crippen LogP contribution in [-0.2, 0) is 17.9 Å². The van der Waals surface area contributed by atoms with Crippen LogP contribution < -0.4 is 0 Å². The van der Waals surface area contributed by atoms with Crippen molar-refractivity contribution in [2.75, 3.05) is 12.8 Å². The van der Waals surface area contributed by atoms with Gasteiger partial charge in [0.15, 0.2) is 11.0 Å². The molecule has 5 rings (SSSR count). The number of benzene rings is 2. The van der Waals surface area contributed by atoms with Crippen molar-refractivity contribution in [2.24, 2.45) is 0 Å². The SMILES string of the molecule is CCn1c(SCC(=O)N(C)Cc2ccc(C)o2)nnc1-c1cc(-c2ccccc2)nc2ccccc12. The molecule has 0 radical (unpaired) electrons. The Morgan fingerprint density at radius 3 is 2.56 bits per heavy atom. The highest BCUT2D eigenvalue weighted by atomic mass is 32.2. The lowest BCUT2D eigenvalue weighted by Crippen LogP contribution is -2.27. The van der Waals surface area contributed by atoms with E-state index in [0.717, 1.165) is 45.1 Å². The van der Waals surface area contributed by atoms with Gasteiger partial charge in [0.05, 0.1) is 23.5 Å². The number of thioether (sulfide) groups is 1. The highest BCUT2D eigenvalue weighted by molar-refractivity contribution is 7.99. The van der Waals surface area contributed by atoms with E-state index in [9.17, 15) is 4.79 Å². The standard InChI is InChI=1S/C28H27N5O2S/c1-4-33-27(30-31-28(33)36-18-26(34)32(3)17-21-15-14-19(2)35-21)23-16-25(20-10-6-5-7-11-20)29-24-13-9-8-12-22(23)24/h5-16H,4,17-18H2,1-3H3. The topological polar surface area (TPSA) is 77.0 Å². The number of para-hydroxylation sites is 1. The van der Waals surface area contributed by atoms with Crippen LogP contribution in [0.15, 0.2) is 82.4 Å². The van der Waals surface area contributed by atoms with Crippen molar-refractivity contribution in [3.63, 3.8) is 0 Å². The molecule has 8 heteroatoms. The number of aromatic nitrogens is 4. The third-order valence-corrected chi connectivity index (χ3v) is 6.95. The second-order valence-corrected chi connectivity index (χ2v) is 9.48. The minimum atomic E-state index is 0.00183. The second-order valence-electron chi connectivity index (χ2n) is 8.54. The lowest BCUT2D eigenvalue weighted by Gasteiger charge is -2.15. The molecule has 0 fully saturated rings. The van der Waals surface area contributed by atoms with E-state index < -0.39 is 0 Å². The van der Waals surface area contributed by atoms with Crippen molar-refractivity contribution in [3.8, 4) is 22.6 Å². The van der Waals surface area contributed by atoms with Gasteiger partial charge in [-0.1, -0.05) is 60.3 Å². The van der Waals surface area contributed by atoms with Gasteiger partial charge >= 0.3 is 0 Å². The zero-order valence-electron chi connectivity index (χ0n) is 20.5. The van der Waals surface area contributed by atoms with Crippen molar-refractivity contribution in [1.82, 2.24) is 24.6 Å². The molecule has 0 unspecified atom stereocenters. The first-order valence-electron chi connectivity index (χ1n) is 11.8. The lowest BCUT2D eigenvalue weighted by molar-refractivity contribution is -0.127. The van der Waals surface area contributed by atoms with Crippen molar-refractivity contribution in [3.05, 3.63) is 84.3 Å². The van der Waals surface area contributed by atoms with E-state index in [0.29, 0.717) is 18.2 Å². The highest BCUT2D eigenvalue weighted by Crippen LogP contribution is 2.33. The van der Waals surface area contributed by atoms with E-state index in [2.05, 4.69) is 46.0 Å². The van der Waals surface area contributed by atoms with Gasteiger partial charge < -0.3 is 13.9 Å². The maximum absolute atomic E-state index is 12.8. The fourth-order valence-corrected chi connectivity index (χ4v) is 5.07. The average Bonchev–Trinajstić information content (AvgIpc) is 3.52. The van der Waals surface area contributed by atoms with Gasteiger partial charge in [-0.2, -0.15) is 0 Å². The molecule has 0 bridgehead atoms. The fourth-order valence-electron chi connectivity index (χ4n) is 4.13. The number of pyridine rings is 1. The van der Waals surface area contributed by atoms with Gasteiger partial charge in [-0.05, 0) is 38.1 Å². The summed E-state index contributed by atoms with van der Waals surface area (Å²) >= 11 is 1.40. The number of rotatable bonds is 8. The van der Waals surface area contributed by atoms with Crippen molar-refractivity contribution < 1.29 is 9.21 Å². The van der Waals surface area contributed by atoms with Gasteiger partial charge in [-0.3, -0.25) is 4.79 Å². The zero-order chi connectivity index (χ0) is 25.1. The van der Waals surface area contributed by atoms with Crippen molar-refractivity contribution >= 4 is 28.6 Å². The van der Waals surface area contributed by atoms with Gasteiger partial charge in [0.1, 0.15) is 11.5 Å². The van der Waals surface area contributed by atoms with E-state index in [1.54, 1.807) is 11.9 Å². The number of carbonyl (C=O) groups is 1. The summed E-state index contributed by atoms with van der Waals surface area (Å²) in [5.41, 5.74) is 3.80. The zero-order valence-corrected chi connectivity index (χ0v) is 21.3. The van der Waals surface area contributed by atoms with E-state index in [4.69, 9.17) is 9.40 Å². The molecule has 3 aromatic heterocycles. The molecule has 0 spiro atoms. The largest absolute Gasteiger partial charge is 0.464 e. The molecule has 0 N–H and O–H groups in total.